The molecule has 134 valence electrons. The van der Waals surface area contributed by atoms with E-state index < -0.39 is 11.9 Å². The molecule has 0 aromatic rings. The van der Waals surface area contributed by atoms with Crippen LogP contribution in [0, 0.1) is 0 Å². The number of imide groups is 2. The summed E-state index contributed by atoms with van der Waals surface area (Å²) in [6.07, 6.45) is 2.51. The fourth-order valence-corrected chi connectivity index (χ4v) is 1.57. The van der Waals surface area contributed by atoms with Crippen LogP contribution in [0.25, 0.3) is 0 Å². The normalized spacial score (nSPS) is 15.5. The van der Waals surface area contributed by atoms with Gasteiger partial charge in [-0.1, -0.05) is 0 Å². The predicted octanol–water partition coefficient (Wildman–Crippen LogP) is -0.438. The first-order valence-electron chi connectivity index (χ1n) is 7.29. The largest absolute Gasteiger partial charge is 0.481 e. The van der Waals surface area contributed by atoms with Crippen LogP contribution in [0.15, 0.2) is 0 Å². The van der Waals surface area contributed by atoms with Crippen molar-refractivity contribution in [1.29, 1.82) is 0 Å². The van der Waals surface area contributed by atoms with Crippen molar-refractivity contribution in [1.82, 2.24) is 10.6 Å². The number of rotatable bonds is 5. The van der Waals surface area contributed by atoms with Crippen molar-refractivity contribution in [2.24, 2.45) is 0 Å². The highest BCUT2D eigenvalue weighted by Gasteiger charge is 2.16. The zero-order chi connectivity index (χ0) is 18.5. The van der Waals surface area contributed by atoms with Gasteiger partial charge in [-0.25, -0.2) is 0 Å². The number of hydrogen-bond donors (Lipinski definition) is 4. The maximum atomic E-state index is 10.1. The molecular formula is C14H20N2O8. The topological polar surface area (TPSA) is 167 Å². The van der Waals surface area contributed by atoms with Gasteiger partial charge in [0, 0.05) is 38.5 Å². The van der Waals surface area contributed by atoms with Gasteiger partial charge in [0.1, 0.15) is 0 Å². The molecule has 2 aliphatic rings. The summed E-state index contributed by atoms with van der Waals surface area (Å²) < 4.78 is 0. The Balaban J connectivity index is 0.000000337. The summed E-state index contributed by atoms with van der Waals surface area (Å²) in [7, 11) is 0. The highest BCUT2D eigenvalue weighted by atomic mass is 16.4. The molecule has 4 amide bonds. The van der Waals surface area contributed by atoms with E-state index >= 15 is 0 Å². The summed E-state index contributed by atoms with van der Waals surface area (Å²) in [6.45, 7) is 0. The van der Waals surface area contributed by atoms with Gasteiger partial charge in [0.15, 0.2) is 0 Å². The first-order chi connectivity index (χ1) is 11.2. The van der Waals surface area contributed by atoms with Gasteiger partial charge >= 0.3 is 11.9 Å². The molecule has 10 nitrogen and oxygen atoms in total. The highest BCUT2D eigenvalue weighted by molar-refractivity contribution is 6.02. The molecule has 2 saturated heterocycles. The quantitative estimate of drug-likeness (QED) is 0.384. The Hall–Kier alpha value is -2.78. The van der Waals surface area contributed by atoms with Crippen molar-refractivity contribution in [2.45, 2.75) is 51.4 Å². The number of unbranched alkanes of at least 4 members (excludes halogenated alkanes) is 1. The van der Waals surface area contributed by atoms with Crippen LogP contribution in [0.3, 0.4) is 0 Å². The average molecular weight is 344 g/mol. The summed E-state index contributed by atoms with van der Waals surface area (Å²) in [4.78, 5) is 60.3. The van der Waals surface area contributed by atoms with E-state index in [-0.39, 0.29) is 36.5 Å². The zero-order valence-electron chi connectivity index (χ0n) is 13.0. The lowest BCUT2D eigenvalue weighted by atomic mass is 10.2. The number of nitrogens with one attached hydrogen (secondary N) is 2. The van der Waals surface area contributed by atoms with Crippen molar-refractivity contribution in [3.63, 3.8) is 0 Å². The third kappa shape index (κ3) is 12.9. The summed E-state index contributed by atoms with van der Waals surface area (Å²) in [5, 5.41) is 20.5. The second-order valence-corrected chi connectivity index (χ2v) is 4.94. The lowest BCUT2D eigenvalue weighted by molar-refractivity contribution is -0.139. The first-order valence-corrected chi connectivity index (χ1v) is 7.29. The smallest absolute Gasteiger partial charge is 0.303 e. The van der Waals surface area contributed by atoms with E-state index in [1.54, 1.807) is 0 Å². The second kappa shape index (κ2) is 11.7. The first kappa shape index (κ1) is 21.2. The van der Waals surface area contributed by atoms with E-state index in [1.165, 1.54) is 0 Å². The fourth-order valence-electron chi connectivity index (χ4n) is 1.57. The van der Waals surface area contributed by atoms with E-state index in [4.69, 9.17) is 10.2 Å². The molecule has 0 radical (unpaired) electrons. The third-order valence-electron chi connectivity index (χ3n) is 2.75. The molecule has 0 aromatic carbocycles. The van der Waals surface area contributed by atoms with Crippen molar-refractivity contribution in [3.05, 3.63) is 0 Å². The van der Waals surface area contributed by atoms with E-state index in [1.807, 2.05) is 0 Å². The Morgan fingerprint density at radius 2 is 0.917 bits per heavy atom. The number of amides is 4. The number of carbonyl (C=O) groups is 6. The van der Waals surface area contributed by atoms with Crippen molar-refractivity contribution >= 4 is 35.6 Å². The monoisotopic (exact) mass is 344 g/mol. The number of aliphatic carboxylic acids is 2. The van der Waals surface area contributed by atoms with Crippen LogP contribution in [0.5, 0.6) is 0 Å². The Morgan fingerprint density at radius 1 is 0.667 bits per heavy atom. The lowest BCUT2D eigenvalue weighted by Crippen LogP contribution is -2.18. The highest BCUT2D eigenvalue weighted by Crippen LogP contribution is 1.99. The summed E-state index contributed by atoms with van der Waals surface area (Å²) in [5.41, 5.74) is 0. The number of hydrogen-bond acceptors (Lipinski definition) is 6. The van der Waals surface area contributed by atoms with E-state index in [0.717, 1.165) is 0 Å². The molecule has 4 N–H and O–H groups in total. The van der Waals surface area contributed by atoms with E-state index in [0.29, 0.717) is 38.5 Å². The van der Waals surface area contributed by atoms with Crippen molar-refractivity contribution in [3.8, 4) is 0 Å². The minimum atomic E-state index is -0.870. The van der Waals surface area contributed by atoms with Gasteiger partial charge < -0.3 is 10.2 Å². The molecule has 2 heterocycles. The Labute approximate surface area is 137 Å². The van der Waals surface area contributed by atoms with Gasteiger partial charge in [0.05, 0.1) is 0 Å². The van der Waals surface area contributed by atoms with Gasteiger partial charge in [-0.15, -0.1) is 0 Å². The molecule has 0 unspecified atom stereocenters. The molecule has 2 rings (SSSR count). The standard InChI is InChI=1S/C6H10O4.2C4H5NO2/c7-5(8)3-1-2-4-6(9)10;2*6-3-1-2-4(7)5-3/h1-4H2,(H,7,8)(H,9,10);2*1-2H2,(H,5,6,7). The second-order valence-electron chi connectivity index (χ2n) is 4.94. The minimum absolute atomic E-state index is 0.0628. The van der Waals surface area contributed by atoms with Crippen LogP contribution >= 0.6 is 0 Å². The summed E-state index contributed by atoms with van der Waals surface area (Å²) >= 11 is 0. The Kier molecular flexibility index (Phi) is 10.4. The molecule has 0 atom stereocenters. The Bertz CT molecular complexity index is 441. The molecule has 0 aromatic heterocycles. The van der Waals surface area contributed by atoms with Gasteiger partial charge in [-0.3, -0.25) is 39.4 Å². The molecule has 0 bridgehead atoms. The van der Waals surface area contributed by atoms with Gasteiger partial charge in [-0.05, 0) is 12.8 Å². The van der Waals surface area contributed by atoms with Crippen LogP contribution < -0.4 is 10.6 Å². The SMILES string of the molecule is O=C(O)CCCCC(=O)O.O=C1CCC(=O)N1.O=C1CCC(=O)N1. The molecule has 2 aliphatic heterocycles. The molecule has 0 spiro atoms. The van der Waals surface area contributed by atoms with Crippen LogP contribution in [0.4, 0.5) is 0 Å². The average Bonchev–Trinajstić information content (AvgIpc) is 3.03. The van der Waals surface area contributed by atoms with Gasteiger partial charge in [-0.2, -0.15) is 0 Å². The van der Waals surface area contributed by atoms with Crippen LogP contribution in [0.1, 0.15) is 51.4 Å². The van der Waals surface area contributed by atoms with E-state index in [9.17, 15) is 28.8 Å². The Morgan fingerprint density at radius 3 is 1.04 bits per heavy atom. The van der Waals surface area contributed by atoms with Gasteiger partial charge in [0.2, 0.25) is 23.6 Å². The maximum absolute atomic E-state index is 10.1. The molecule has 24 heavy (non-hydrogen) atoms. The van der Waals surface area contributed by atoms with Gasteiger partial charge in [0.25, 0.3) is 0 Å². The van der Waals surface area contributed by atoms with Crippen LogP contribution in [0.2, 0.25) is 0 Å². The minimum Gasteiger partial charge on any atom is -0.481 e. The van der Waals surface area contributed by atoms with E-state index in [2.05, 4.69) is 10.6 Å². The summed E-state index contributed by atoms with van der Waals surface area (Å²) in [5.74, 6) is -2.33. The third-order valence-corrected chi connectivity index (χ3v) is 2.75. The van der Waals surface area contributed by atoms with Crippen molar-refractivity contribution in [2.75, 3.05) is 0 Å². The number of carbonyl (C=O) groups excluding carboxylic acids is 4. The lowest BCUT2D eigenvalue weighted by Gasteiger charge is -1.92. The zero-order valence-corrected chi connectivity index (χ0v) is 13.0. The van der Waals surface area contributed by atoms with Crippen LogP contribution in [-0.4, -0.2) is 45.8 Å². The molecule has 0 saturated carbocycles. The molecule has 0 aliphatic carbocycles. The fraction of sp³-hybridized carbons (Fsp3) is 0.571. The molecular weight excluding hydrogens is 324 g/mol. The number of carboxylic acid groups (broad SMARTS) is 2. The summed E-state index contributed by atoms with van der Waals surface area (Å²) in [6, 6.07) is 0. The van der Waals surface area contributed by atoms with Crippen LogP contribution in [-0.2, 0) is 28.8 Å². The maximum Gasteiger partial charge on any atom is 0.303 e. The molecule has 2 fully saturated rings. The number of carboxylic acids is 2. The van der Waals surface area contributed by atoms with Crippen molar-refractivity contribution < 1.29 is 39.0 Å². The predicted molar refractivity (Wildman–Crippen MR) is 78.5 cm³/mol. The molecule has 10 heteroatoms.